The van der Waals surface area contributed by atoms with Gasteiger partial charge in [0.15, 0.2) is 0 Å². The average molecular weight is 398 g/mol. The molecule has 28 heavy (non-hydrogen) atoms. The smallest absolute Gasteiger partial charge is 0.384 e. The Morgan fingerprint density at radius 1 is 1.04 bits per heavy atom. The van der Waals surface area contributed by atoms with Crippen LogP contribution in [0, 0.1) is 6.92 Å². The van der Waals surface area contributed by atoms with Gasteiger partial charge in [-0.15, -0.1) is 0 Å². The molecule has 0 aliphatic rings. The van der Waals surface area contributed by atoms with Gasteiger partial charge in [0.2, 0.25) is 17.2 Å². The van der Waals surface area contributed by atoms with Crippen molar-refractivity contribution >= 4 is 31.1 Å². The van der Waals surface area contributed by atoms with Crippen molar-refractivity contribution in [3.05, 3.63) is 77.2 Å². The number of rotatable bonds is 8. The molecule has 0 radical (unpaired) electrons. The van der Waals surface area contributed by atoms with E-state index in [-0.39, 0.29) is 11.3 Å². The topological polar surface area (TPSA) is 73.6 Å². The zero-order valence-corrected chi connectivity index (χ0v) is 17.0. The molecule has 146 valence electrons. The molecule has 0 fully saturated rings. The van der Waals surface area contributed by atoms with E-state index in [0.717, 1.165) is 11.1 Å². The molecule has 0 atom stereocenters. The summed E-state index contributed by atoms with van der Waals surface area (Å²) in [5, 5.41) is 3.15. The number of aromatic nitrogens is 1. The Morgan fingerprint density at radius 2 is 1.71 bits per heavy atom. The third-order valence-corrected chi connectivity index (χ3v) is 5.94. The summed E-state index contributed by atoms with van der Waals surface area (Å²) in [6.07, 6.45) is 3.58. The van der Waals surface area contributed by atoms with E-state index in [1.165, 1.54) is 19.8 Å². The van der Waals surface area contributed by atoms with Crippen LogP contribution < -0.4 is 10.8 Å². The Morgan fingerprint density at radius 3 is 2.36 bits per heavy atom. The van der Waals surface area contributed by atoms with Crippen LogP contribution in [-0.2, 0) is 20.2 Å². The minimum absolute atomic E-state index is 0.123. The first-order valence-corrected chi connectivity index (χ1v) is 10.3. The van der Waals surface area contributed by atoms with E-state index in [1.807, 2.05) is 67.6 Å². The normalized spacial score (nSPS) is 11.8. The third-order valence-electron chi connectivity index (χ3n) is 4.16. The second kappa shape index (κ2) is 9.02. The fourth-order valence-corrected chi connectivity index (χ4v) is 3.66. The molecule has 1 N–H and O–H groups in total. The Kier molecular flexibility index (Phi) is 6.47. The molecule has 3 rings (SSSR count). The molecule has 3 aromatic rings. The van der Waals surface area contributed by atoms with Crippen molar-refractivity contribution in [1.82, 2.24) is 4.98 Å². The van der Waals surface area contributed by atoms with Gasteiger partial charge in [-0.25, -0.2) is 0 Å². The van der Waals surface area contributed by atoms with Crippen molar-refractivity contribution in [2.75, 3.05) is 19.5 Å². The molecule has 0 saturated carbocycles. The van der Waals surface area contributed by atoms with Crippen LogP contribution in [0.25, 0.3) is 12.2 Å². The van der Waals surface area contributed by atoms with Gasteiger partial charge in [0, 0.05) is 26.8 Å². The van der Waals surface area contributed by atoms with Crippen LogP contribution in [0.4, 0.5) is 5.88 Å². The highest BCUT2D eigenvalue weighted by molar-refractivity contribution is 7.62. The zero-order chi connectivity index (χ0) is 20.0. The quantitative estimate of drug-likeness (QED) is 0.546. The van der Waals surface area contributed by atoms with Crippen molar-refractivity contribution < 1.29 is 18.0 Å². The number of nitrogens with one attached hydrogen (secondary N) is 1. The summed E-state index contributed by atoms with van der Waals surface area (Å²) in [7, 11) is -0.933. The van der Waals surface area contributed by atoms with E-state index in [4.69, 9.17) is 13.5 Å². The molecular weight excluding hydrogens is 375 g/mol. The van der Waals surface area contributed by atoms with Crippen LogP contribution in [0.2, 0.25) is 0 Å². The van der Waals surface area contributed by atoms with Crippen molar-refractivity contribution in [1.29, 1.82) is 0 Å². The molecule has 2 aromatic carbocycles. The van der Waals surface area contributed by atoms with Gasteiger partial charge in [0.1, 0.15) is 0 Å². The van der Waals surface area contributed by atoms with E-state index in [9.17, 15) is 4.57 Å². The lowest BCUT2D eigenvalue weighted by Gasteiger charge is -2.12. The maximum Gasteiger partial charge on any atom is 0.384 e. The molecule has 0 bridgehead atoms. The second-order valence-electron chi connectivity index (χ2n) is 6.15. The Balaban J connectivity index is 1.87. The van der Waals surface area contributed by atoms with Crippen LogP contribution in [0.3, 0.4) is 0 Å². The molecule has 0 spiro atoms. The van der Waals surface area contributed by atoms with Gasteiger partial charge in [-0.2, -0.15) is 4.98 Å². The van der Waals surface area contributed by atoms with Crippen LogP contribution in [0.5, 0.6) is 0 Å². The van der Waals surface area contributed by atoms with Crippen molar-refractivity contribution in [3.8, 4) is 0 Å². The number of hydrogen-bond acceptors (Lipinski definition) is 6. The lowest BCUT2D eigenvalue weighted by Crippen LogP contribution is -2.14. The summed E-state index contributed by atoms with van der Waals surface area (Å²) in [6, 6.07) is 17.8. The summed E-state index contributed by atoms with van der Waals surface area (Å²) in [4.78, 5) is 4.34. The van der Waals surface area contributed by atoms with Crippen molar-refractivity contribution in [3.63, 3.8) is 0 Å². The standard InChI is InChI=1S/C21H23N2O4P/c1-16-9-11-18(12-10-16)15-22-20-21(28(24,25-2)26-3)23-19(27-20)14-13-17-7-5-4-6-8-17/h4-14,22H,15H2,1-3H3/b14-13+. The lowest BCUT2D eigenvalue weighted by atomic mass is 10.1. The van der Waals surface area contributed by atoms with Gasteiger partial charge in [-0.1, -0.05) is 60.2 Å². The summed E-state index contributed by atoms with van der Waals surface area (Å²) >= 11 is 0. The first kappa shape index (κ1) is 20.1. The molecule has 0 aliphatic carbocycles. The van der Waals surface area contributed by atoms with Gasteiger partial charge in [0.05, 0.1) is 0 Å². The highest BCUT2D eigenvalue weighted by atomic mass is 31.2. The highest BCUT2D eigenvalue weighted by Crippen LogP contribution is 2.47. The minimum atomic E-state index is -3.58. The zero-order valence-electron chi connectivity index (χ0n) is 16.1. The predicted octanol–water partition coefficient (Wildman–Crippen LogP) is 4.88. The number of aryl methyl sites for hydroxylation is 1. The highest BCUT2D eigenvalue weighted by Gasteiger charge is 2.33. The van der Waals surface area contributed by atoms with E-state index in [0.29, 0.717) is 12.4 Å². The third kappa shape index (κ3) is 4.78. The Bertz CT molecular complexity index is 973. The first-order chi connectivity index (χ1) is 13.5. The van der Waals surface area contributed by atoms with Gasteiger partial charge in [-0.3, -0.25) is 4.57 Å². The SMILES string of the molecule is COP(=O)(OC)c1nc(/C=C/c2ccccc2)oc1NCc1ccc(C)cc1. The number of hydrogen-bond donors (Lipinski definition) is 1. The Hall–Kier alpha value is -2.66. The Labute approximate surface area is 164 Å². The lowest BCUT2D eigenvalue weighted by molar-refractivity contribution is 0.286. The fraction of sp³-hybridized carbons (Fsp3) is 0.190. The van der Waals surface area contributed by atoms with Crippen molar-refractivity contribution in [2.24, 2.45) is 0 Å². The number of benzene rings is 2. The van der Waals surface area contributed by atoms with E-state index in [2.05, 4.69) is 10.3 Å². The number of anilines is 1. The largest absolute Gasteiger partial charge is 0.420 e. The second-order valence-corrected chi connectivity index (χ2v) is 8.30. The molecule has 1 heterocycles. The van der Waals surface area contributed by atoms with Gasteiger partial charge in [-0.05, 0) is 24.1 Å². The molecule has 0 amide bonds. The summed E-state index contributed by atoms with van der Waals surface area (Å²) in [5.41, 5.74) is 3.36. The molecule has 0 saturated heterocycles. The number of nitrogens with zero attached hydrogens (tertiary/aromatic N) is 1. The summed E-state index contributed by atoms with van der Waals surface area (Å²) in [5.74, 6) is 0.569. The number of oxazole rings is 1. The molecule has 7 heteroatoms. The maximum atomic E-state index is 12.9. The molecule has 6 nitrogen and oxygen atoms in total. The summed E-state index contributed by atoms with van der Waals surface area (Å²) < 4.78 is 28.9. The van der Waals surface area contributed by atoms with Gasteiger partial charge < -0.3 is 18.8 Å². The van der Waals surface area contributed by atoms with Gasteiger partial charge >= 0.3 is 7.60 Å². The minimum Gasteiger partial charge on any atom is -0.420 e. The van der Waals surface area contributed by atoms with E-state index >= 15 is 0 Å². The summed E-state index contributed by atoms with van der Waals surface area (Å²) in [6.45, 7) is 2.52. The van der Waals surface area contributed by atoms with Crippen LogP contribution in [-0.4, -0.2) is 19.2 Å². The average Bonchev–Trinajstić information content (AvgIpc) is 3.16. The molecule has 1 aromatic heterocycles. The van der Waals surface area contributed by atoms with Crippen LogP contribution >= 0.6 is 7.60 Å². The van der Waals surface area contributed by atoms with Crippen LogP contribution in [0.15, 0.2) is 59.0 Å². The fourth-order valence-electron chi connectivity index (χ4n) is 2.57. The first-order valence-electron chi connectivity index (χ1n) is 8.79. The molecule has 0 unspecified atom stereocenters. The van der Waals surface area contributed by atoms with Crippen LogP contribution in [0.1, 0.15) is 22.6 Å². The van der Waals surface area contributed by atoms with Crippen molar-refractivity contribution in [2.45, 2.75) is 13.5 Å². The monoisotopic (exact) mass is 398 g/mol. The predicted molar refractivity (Wildman–Crippen MR) is 112 cm³/mol. The van der Waals surface area contributed by atoms with E-state index in [1.54, 1.807) is 6.08 Å². The van der Waals surface area contributed by atoms with Gasteiger partial charge in [0.25, 0.3) is 0 Å². The maximum absolute atomic E-state index is 12.9. The van der Waals surface area contributed by atoms with E-state index < -0.39 is 7.60 Å². The molecule has 0 aliphatic heterocycles. The molecular formula is C21H23N2O4P.